The summed E-state index contributed by atoms with van der Waals surface area (Å²) in [6, 6.07) is 5.52. The molecule has 3 rings (SSSR count). The van der Waals surface area contributed by atoms with Crippen molar-refractivity contribution in [1.29, 1.82) is 0 Å². The molecule has 1 fully saturated rings. The van der Waals surface area contributed by atoms with E-state index in [0.717, 1.165) is 23.4 Å². The average molecular weight is 320 g/mol. The third-order valence-electron chi connectivity index (χ3n) is 4.03. The van der Waals surface area contributed by atoms with E-state index < -0.39 is 0 Å². The number of aryl methyl sites for hydroxylation is 1. The molecule has 1 aromatic rings. The maximum atomic E-state index is 13.0. The molecule has 0 aromatic heterocycles. The molecule has 0 radical (unpaired) electrons. The minimum absolute atomic E-state index is 0.00227. The highest BCUT2D eigenvalue weighted by molar-refractivity contribution is 7.99. The van der Waals surface area contributed by atoms with Gasteiger partial charge in [0.1, 0.15) is 11.8 Å². The van der Waals surface area contributed by atoms with Crippen molar-refractivity contribution in [2.45, 2.75) is 26.3 Å². The van der Waals surface area contributed by atoms with Crippen molar-refractivity contribution >= 4 is 29.3 Å². The van der Waals surface area contributed by atoms with Gasteiger partial charge in [0.15, 0.2) is 0 Å². The summed E-state index contributed by atoms with van der Waals surface area (Å²) in [5, 5.41) is 0. The number of hydrogen-bond donors (Lipinski definition) is 0. The summed E-state index contributed by atoms with van der Waals surface area (Å²) < 4.78 is 5.74. The number of fused-ring (bicyclic) bond motifs is 1. The van der Waals surface area contributed by atoms with E-state index in [2.05, 4.69) is 0 Å². The van der Waals surface area contributed by atoms with Crippen molar-refractivity contribution in [3.8, 4) is 5.75 Å². The first kappa shape index (κ1) is 15.2. The standard InChI is InChI=1S/C16H20N2O3S/c1-11-4-5-15-13(8-11)17(6-3-7-21-15)16(20)14-9-22-10-18(14)12(2)19/h4-5,8,14H,3,6-7,9-10H2,1-2H3. The largest absolute Gasteiger partial charge is 0.491 e. The molecule has 0 bridgehead atoms. The molecule has 2 heterocycles. The Bertz CT molecular complexity index is 605. The molecule has 22 heavy (non-hydrogen) atoms. The van der Waals surface area contributed by atoms with Gasteiger partial charge in [-0.25, -0.2) is 0 Å². The number of carbonyl (C=O) groups is 2. The number of rotatable bonds is 1. The van der Waals surface area contributed by atoms with Gasteiger partial charge in [0.05, 0.1) is 18.2 Å². The lowest BCUT2D eigenvalue weighted by Gasteiger charge is -2.29. The predicted octanol–water partition coefficient (Wildman–Crippen LogP) is 2.03. The Morgan fingerprint density at radius 2 is 2.18 bits per heavy atom. The molecule has 0 aliphatic carbocycles. The van der Waals surface area contributed by atoms with Crippen LogP contribution in [0.15, 0.2) is 18.2 Å². The number of benzene rings is 1. The first-order valence-corrected chi connectivity index (χ1v) is 8.63. The molecule has 1 unspecified atom stereocenters. The molecular formula is C16H20N2O3S. The van der Waals surface area contributed by atoms with Crippen LogP contribution >= 0.6 is 11.8 Å². The van der Waals surface area contributed by atoms with E-state index in [0.29, 0.717) is 24.8 Å². The van der Waals surface area contributed by atoms with Gasteiger partial charge in [0, 0.05) is 19.2 Å². The molecule has 2 amide bonds. The summed E-state index contributed by atoms with van der Waals surface area (Å²) in [7, 11) is 0. The lowest BCUT2D eigenvalue weighted by atomic mass is 10.1. The van der Waals surface area contributed by atoms with Crippen molar-refractivity contribution in [3.63, 3.8) is 0 Å². The molecule has 0 saturated carbocycles. The van der Waals surface area contributed by atoms with E-state index in [4.69, 9.17) is 4.74 Å². The number of thioether (sulfide) groups is 1. The highest BCUT2D eigenvalue weighted by Gasteiger charge is 2.37. The van der Waals surface area contributed by atoms with E-state index in [1.54, 1.807) is 21.6 Å². The van der Waals surface area contributed by atoms with Crippen LogP contribution in [0.3, 0.4) is 0 Å². The third kappa shape index (κ3) is 2.79. The Hall–Kier alpha value is -1.69. The number of ether oxygens (including phenoxy) is 1. The lowest BCUT2D eigenvalue weighted by Crippen LogP contribution is -2.48. The van der Waals surface area contributed by atoms with Gasteiger partial charge in [0.2, 0.25) is 5.91 Å². The third-order valence-corrected chi connectivity index (χ3v) is 5.04. The fraction of sp³-hybridized carbons (Fsp3) is 0.500. The van der Waals surface area contributed by atoms with E-state index in [1.165, 1.54) is 6.92 Å². The zero-order valence-electron chi connectivity index (χ0n) is 12.9. The van der Waals surface area contributed by atoms with Crippen LogP contribution in [0.4, 0.5) is 5.69 Å². The van der Waals surface area contributed by atoms with Gasteiger partial charge in [-0.1, -0.05) is 6.07 Å². The number of amides is 2. The summed E-state index contributed by atoms with van der Waals surface area (Å²) in [5.41, 5.74) is 1.91. The summed E-state index contributed by atoms with van der Waals surface area (Å²) in [4.78, 5) is 28.2. The number of hydrogen-bond acceptors (Lipinski definition) is 4. The van der Waals surface area contributed by atoms with E-state index in [-0.39, 0.29) is 17.9 Å². The van der Waals surface area contributed by atoms with Crippen molar-refractivity contribution in [1.82, 2.24) is 4.90 Å². The van der Waals surface area contributed by atoms with E-state index in [1.807, 2.05) is 25.1 Å². The normalized spacial score (nSPS) is 21.1. The number of nitrogens with zero attached hydrogens (tertiary/aromatic N) is 2. The van der Waals surface area contributed by atoms with Gasteiger partial charge >= 0.3 is 0 Å². The molecule has 2 aliphatic heterocycles. The van der Waals surface area contributed by atoms with Crippen LogP contribution in [0.25, 0.3) is 0 Å². The van der Waals surface area contributed by atoms with Crippen molar-refractivity contribution in [3.05, 3.63) is 23.8 Å². The Morgan fingerprint density at radius 1 is 1.36 bits per heavy atom. The maximum Gasteiger partial charge on any atom is 0.250 e. The smallest absolute Gasteiger partial charge is 0.250 e. The Morgan fingerprint density at radius 3 is 2.95 bits per heavy atom. The molecule has 0 spiro atoms. The molecule has 5 nitrogen and oxygen atoms in total. The lowest BCUT2D eigenvalue weighted by molar-refractivity contribution is -0.135. The predicted molar refractivity (Wildman–Crippen MR) is 87.3 cm³/mol. The zero-order valence-corrected chi connectivity index (χ0v) is 13.7. The van der Waals surface area contributed by atoms with E-state index >= 15 is 0 Å². The second-order valence-electron chi connectivity index (χ2n) is 5.67. The second-order valence-corrected chi connectivity index (χ2v) is 6.67. The van der Waals surface area contributed by atoms with Crippen LogP contribution in [0, 0.1) is 6.92 Å². The van der Waals surface area contributed by atoms with Crippen molar-refractivity contribution < 1.29 is 14.3 Å². The van der Waals surface area contributed by atoms with Gasteiger partial charge < -0.3 is 14.5 Å². The van der Waals surface area contributed by atoms with Crippen LogP contribution in [0.1, 0.15) is 18.9 Å². The molecular weight excluding hydrogens is 300 g/mol. The van der Waals surface area contributed by atoms with Crippen molar-refractivity contribution in [2.24, 2.45) is 0 Å². The maximum absolute atomic E-state index is 13.0. The first-order valence-electron chi connectivity index (χ1n) is 7.47. The Kier molecular flexibility index (Phi) is 4.29. The summed E-state index contributed by atoms with van der Waals surface area (Å²) in [5.74, 6) is 1.96. The average Bonchev–Trinajstić information content (AvgIpc) is 2.89. The van der Waals surface area contributed by atoms with Gasteiger partial charge in [-0.3, -0.25) is 9.59 Å². The molecule has 1 aromatic carbocycles. The summed E-state index contributed by atoms with van der Waals surface area (Å²) in [6.45, 7) is 4.76. The minimum atomic E-state index is -0.367. The molecule has 1 saturated heterocycles. The Labute approximate surface area is 134 Å². The van der Waals surface area contributed by atoms with Crippen molar-refractivity contribution in [2.75, 3.05) is 29.7 Å². The van der Waals surface area contributed by atoms with E-state index in [9.17, 15) is 9.59 Å². The van der Waals surface area contributed by atoms with Crippen LogP contribution in [0.2, 0.25) is 0 Å². The topological polar surface area (TPSA) is 49.9 Å². The monoisotopic (exact) mass is 320 g/mol. The van der Waals surface area contributed by atoms with Crippen LogP contribution in [-0.2, 0) is 9.59 Å². The highest BCUT2D eigenvalue weighted by Crippen LogP contribution is 2.34. The van der Waals surface area contributed by atoms with Gasteiger partial charge in [-0.05, 0) is 31.0 Å². The number of anilines is 1. The van der Waals surface area contributed by atoms with Gasteiger partial charge in [-0.15, -0.1) is 11.8 Å². The van der Waals surface area contributed by atoms with Crippen LogP contribution in [0.5, 0.6) is 5.75 Å². The highest BCUT2D eigenvalue weighted by atomic mass is 32.2. The number of carbonyl (C=O) groups excluding carboxylic acids is 2. The summed E-state index contributed by atoms with van der Waals surface area (Å²) >= 11 is 1.63. The van der Waals surface area contributed by atoms with Gasteiger partial charge in [0.25, 0.3) is 5.91 Å². The molecule has 1 atom stereocenters. The van der Waals surface area contributed by atoms with Crippen LogP contribution < -0.4 is 9.64 Å². The second kappa shape index (κ2) is 6.20. The first-order chi connectivity index (χ1) is 10.6. The molecule has 0 N–H and O–H groups in total. The minimum Gasteiger partial charge on any atom is -0.491 e. The zero-order chi connectivity index (χ0) is 15.7. The van der Waals surface area contributed by atoms with Crippen LogP contribution in [-0.4, -0.2) is 47.5 Å². The molecule has 6 heteroatoms. The quantitative estimate of drug-likeness (QED) is 0.794. The fourth-order valence-electron chi connectivity index (χ4n) is 2.85. The fourth-order valence-corrected chi connectivity index (χ4v) is 4.06. The van der Waals surface area contributed by atoms with Gasteiger partial charge in [-0.2, -0.15) is 0 Å². The summed E-state index contributed by atoms with van der Waals surface area (Å²) in [6.07, 6.45) is 0.791. The molecule has 118 valence electrons. The molecule has 2 aliphatic rings. The SMILES string of the molecule is CC(=O)N1CSCC1C(=O)N1CCCOc2ccc(C)cc21. The Balaban J connectivity index is 1.92.